The molecule has 2 N–H and O–H groups in total. The fourth-order valence-corrected chi connectivity index (χ4v) is 5.11. The molecule has 206 valence electrons. The van der Waals surface area contributed by atoms with Crippen LogP contribution in [0.3, 0.4) is 0 Å². The first-order valence-electron chi connectivity index (χ1n) is 12.7. The molecule has 2 aliphatic rings. The normalized spacial score (nSPS) is 20.9. The van der Waals surface area contributed by atoms with Crippen molar-refractivity contribution in [2.75, 3.05) is 13.2 Å². The molecule has 39 heavy (non-hydrogen) atoms. The maximum atomic E-state index is 15.6. The lowest BCUT2D eigenvalue weighted by Crippen LogP contribution is -2.50. The van der Waals surface area contributed by atoms with Gasteiger partial charge in [-0.05, 0) is 43.9 Å². The summed E-state index contributed by atoms with van der Waals surface area (Å²) in [5, 5.41) is 13.0. The fourth-order valence-electron chi connectivity index (χ4n) is 4.92. The van der Waals surface area contributed by atoms with Crippen LogP contribution < -0.4 is 5.32 Å². The number of hydrogen-bond donors (Lipinski definition) is 2. The van der Waals surface area contributed by atoms with Crippen LogP contribution in [0.5, 0.6) is 5.75 Å². The zero-order chi connectivity index (χ0) is 27.8. The number of Topliss-reactive ketones (excluding diaryl/α,β-unsaturated/α-hetero) is 1. The number of nitrogens with one attached hydrogen (secondary N) is 1. The molecule has 2 amide bonds. The summed E-state index contributed by atoms with van der Waals surface area (Å²) in [6.45, 7) is 1.06. The van der Waals surface area contributed by atoms with E-state index >= 15 is 4.39 Å². The van der Waals surface area contributed by atoms with Crippen molar-refractivity contribution < 1.29 is 33.0 Å². The van der Waals surface area contributed by atoms with Crippen molar-refractivity contribution >= 4 is 40.1 Å². The van der Waals surface area contributed by atoms with Gasteiger partial charge in [0.25, 0.3) is 0 Å². The summed E-state index contributed by atoms with van der Waals surface area (Å²) in [6.07, 6.45) is 0.702. The van der Waals surface area contributed by atoms with Crippen molar-refractivity contribution in [3.05, 3.63) is 64.6 Å². The molecule has 2 heterocycles. The van der Waals surface area contributed by atoms with E-state index in [2.05, 4.69) is 5.32 Å². The van der Waals surface area contributed by atoms with E-state index in [1.165, 1.54) is 48.0 Å². The van der Waals surface area contributed by atoms with Crippen molar-refractivity contribution in [2.45, 2.75) is 51.2 Å². The molecular weight excluding hydrogens is 532 g/mol. The first kappa shape index (κ1) is 27.1. The Morgan fingerprint density at radius 3 is 2.69 bits per heavy atom. The lowest BCUT2D eigenvalue weighted by molar-refractivity contribution is -0.140. The number of phenolic OH excluding ortho intramolecular Hbond substituents is 1. The molecule has 5 rings (SSSR count). The van der Waals surface area contributed by atoms with Crippen LogP contribution in [0.15, 0.2) is 42.6 Å². The predicted molar refractivity (Wildman–Crippen MR) is 140 cm³/mol. The maximum absolute atomic E-state index is 15.6. The van der Waals surface area contributed by atoms with Crippen LogP contribution in [0, 0.1) is 11.7 Å². The van der Waals surface area contributed by atoms with Gasteiger partial charge in [-0.25, -0.2) is 8.78 Å². The Kier molecular flexibility index (Phi) is 7.59. The number of amides is 2. The highest BCUT2D eigenvalue weighted by atomic mass is 35.5. The van der Waals surface area contributed by atoms with Gasteiger partial charge in [-0.15, -0.1) is 0 Å². The van der Waals surface area contributed by atoms with Crippen LogP contribution in [0.1, 0.15) is 35.7 Å². The number of nitrogens with zero attached hydrogens (tertiary/aromatic N) is 2. The molecule has 3 atom stereocenters. The SMILES string of the molecule is CC(=O)c1cn(CC(=O)N2CC(OCC3CC3)C(F)[C@H]2C(=O)NCc2cccc(Cl)c2F)c2cc(O)ccc12. The van der Waals surface area contributed by atoms with E-state index in [1.807, 2.05) is 0 Å². The van der Waals surface area contributed by atoms with Gasteiger partial charge in [0, 0.05) is 41.9 Å². The average molecular weight is 560 g/mol. The van der Waals surface area contributed by atoms with E-state index in [4.69, 9.17) is 16.3 Å². The van der Waals surface area contributed by atoms with Gasteiger partial charge in [-0.2, -0.15) is 0 Å². The molecule has 11 heteroatoms. The van der Waals surface area contributed by atoms with E-state index in [9.17, 15) is 23.9 Å². The zero-order valence-electron chi connectivity index (χ0n) is 21.2. The third kappa shape index (κ3) is 5.62. The second-order valence-electron chi connectivity index (χ2n) is 10.1. The van der Waals surface area contributed by atoms with Gasteiger partial charge < -0.3 is 24.6 Å². The van der Waals surface area contributed by atoms with Crippen LogP contribution in [0.2, 0.25) is 5.02 Å². The van der Waals surface area contributed by atoms with Crippen molar-refractivity contribution in [3.8, 4) is 5.75 Å². The highest BCUT2D eigenvalue weighted by Crippen LogP contribution is 2.32. The van der Waals surface area contributed by atoms with Crippen molar-refractivity contribution in [3.63, 3.8) is 0 Å². The number of carbonyl (C=O) groups excluding carboxylic acids is 3. The summed E-state index contributed by atoms with van der Waals surface area (Å²) in [7, 11) is 0. The quantitative estimate of drug-likeness (QED) is 0.386. The standard InChI is InChI=1S/C28H28ClF2N3O5/c1-15(35)20-11-33(22-9-18(36)7-8-19(20)22)13-24(37)34-12-23(39-14-16-5-6-16)26(31)27(34)28(38)32-10-17-3-2-4-21(29)25(17)30/h2-4,7-9,11,16,23,26-27,36H,5-6,10,12-14H2,1H3,(H,32,38)/t23?,26?,27-/m0/s1. The number of carbonyl (C=O) groups is 3. The zero-order valence-corrected chi connectivity index (χ0v) is 22.0. The average Bonchev–Trinajstić information content (AvgIpc) is 3.58. The fraction of sp³-hybridized carbons (Fsp3) is 0.393. The molecule has 1 aliphatic heterocycles. The maximum Gasteiger partial charge on any atom is 0.246 e. The highest BCUT2D eigenvalue weighted by molar-refractivity contribution is 6.30. The van der Waals surface area contributed by atoms with Crippen LogP contribution in [-0.2, 0) is 27.4 Å². The van der Waals surface area contributed by atoms with Crippen LogP contribution in [0.4, 0.5) is 8.78 Å². The van der Waals surface area contributed by atoms with Gasteiger partial charge in [0.1, 0.15) is 30.3 Å². The second-order valence-corrected chi connectivity index (χ2v) is 10.5. The van der Waals surface area contributed by atoms with Crippen molar-refractivity contribution in [1.29, 1.82) is 0 Å². The predicted octanol–water partition coefficient (Wildman–Crippen LogP) is 4.00. The first-order chi connectivity index (χ1) is 18.6. The van der Waals surface area contributed by atoms with Gasteiger partial charge in [-0.3, -0.25) is 14.4 Å². The minimum absolute atomic E-state index is 0.0477. The largest absolute Gasteiger partial charge is 0.508 e. The van der Waals surface area contributed by atoms with Gasteiger partial charge in [0.15, 0.2) is 12.0 Å². The molecule has 0 bridgehead atoms. The molecule has 2 unspecified atom stereocenters. The van der Waals surface area contributed by atoms with E-state index in [0.717, 1.165) is 17.7 Å². The Balaban J connectivity index is 1.38. The summed E-state index contributed by atoms with van der Waals surface area (Å²) in [6, 6.07) is 7.33. The Hall–Kier alpha value is -3.50. The Labute approximate surface area is 228 Å². The van der Waals surface area contributed by atoms with Crippen molar-refractivity contribution in [2.24, 2.45) is 5.92 Å². The third-order valence-corrected chi connectivity index (χ3v) is 7.53. The van der Waals surface area contributed by atoms with Crippen LogP contribution >= 0.6 is 11.6 Å². The summed E-state index contributed by atoms with van der Waals surface area (Å²) < 4.78 is 37.2. The Morgan fingerprint density at radius 2 is 1.97 bits per heavy atom. The molecule has 1 aliphatic carbocycles. The molecular formula is C28H28ClF2N3O5. The molecule has 0 radical (unpaired) electrons. The number of hydrogen-bond acceptors (Lipinski definition) is 5. The van der Waals surface area contributed by atoms with Gasteiger partial charge in [0.05, 0.1) is 17.1 Å². The molecule has 1 saturated carbocycles. The third-order valence-electron chi connectivity index (χ3n) is 7.24. The number of likely N-dealkylation sites (tertiary alicyclic amines) is 1. The minimum Gasteiger partial charge on any atom is -0.508 e. The van der Waals surface area contributed by atoms with Crippen molar-refractivity contribution in [1.82, 2.24) is 14.8 Å². The number of phenols is 1. The number of fused-ring (bicyclic) bond motifs is 1. The van der Waals surface area contributed by atoms with E-state index in [-0.39, 0.29) is 41.8 Å². The summed E-state index contributed by atoms with van der Waals surface area (Å²) in [5.74, 6) is -1.96. The van der Waals surface area contributed by atoms with Gasteiger partial charge in [-0.1, -0.05) is 23.7 Å². The smallest absolute Gasteiger partial charge is 0.246 e. The molecule has 8 nitrogen and oxygen atoms in total. The highest BCUT2D eigenvalue weighted by Gasteiger charge is 2.49. The number of rotatable bonds is 9. The Bertz CT molecular complexity index is 1440. The number of alkyl halides is 1. The van der Waals surface area contributed by atoms with Gasteiger partial charge >= 0.3 is 0 Å². The van der Waals surface area contributed by atoms with E-state index in [0.29, 0.717) is 29.0 Å². The molecule has 1 saturated heterocycles. The topological polar surface area (TPSA) is 101 Å². The number of halogens is 3. The number of ether oxygens (including phenoxy) is 1. The molecule has 1 aromatic heterocycles. The van der Waals surface area contributed by atoms with Gasteiger partial charge in [0.2, 0.25) is 11.8 Å². The number of ketones is 1. The first-order valence-corrected chi connectivity index (χ1v) is 13.1. The number of aromatic hydroxyl groups is 1. The van der Waals surface area contributed by atoms with Crippen LogP contribution in [-0.4, -0.2) is 63.6 Å². The molecule has 2 aromatic carbocycles. The minimum atomic E-state index is -1.80. The lowest BCUT2D eigenvalue weighted by atomic mass is 10.1. The lowest BCUT2D eigenvalue weighted by Gasteiger charge is -2.25. The molecule has 3 aromatic rings. The van der Waals surface area contributed by atoms with E-state index in [1.54, 1.807) is 6.07 Å². The van der Waals surface area contributed by atoms with E-state index < -0.39 is 35.9 Å². The second kappa shape index (κ2) is 10.9. The summed E-state index contributed by atoms with van der Waals surface area (Å²) >= 11 is 5.82. The molecule has 0 spiro atoms. The number of aromatic nitrogens is 1. The summed E-state index contributed by atoms with van der Waals surface area (Å²) in [4.78, 5) is 40.0. The number of benzene rings is 2. The summed E-state index contributed by atoms with van der Waals surface area (Å²) in [5.41, 5.74) is 0.939. The monoisotopic (exact) mass is 559 g/mol. The molecule has 2 fully saturated rings. The Morgan fingerprint density at radius 1 is 1.21 bits per heavy atom. The van der Waals surface area contributed by atoms with Crippen LogP contribution in [0.25, 0.3) is 10.9 Å².